The zero-order chi connectivity index (χ0) is 45.8. The summed E-state index contributed by atoms with van der Waals surface area (Å²) in [6, 6.07) is 35.5. The summed E-state index contributed by atoms with van der Waals surface area (Å²) in [5.41, 5.74) is 9.38. The lowest BCUT2D eigenvalue weighted by Gasteiger charge is -2.34. The van der Waals surface area contributed by atoms with Gasteiger partial charge in [0.25, 0.3) is 0 Å². The number of amides is 3. The van der Waals surface area contributed by atoms with Crippen LogP contribution in [0.1, 0.15) is 75.9 Å². The molecule has 0 spiro atoms. The highest BCUT2D eigenvalue weighted by Crippen LogP contribution is 2.40. The Morgan fingerprint density at radius 1 is 0.723 bits per heavy atom. The van der Waals surface area contributed by atoms with Crippen LogP contribution in [0.3, 0.4) is 0 Å². The molecule has 2 aromatic heterocycles. The first-order valence-corrected chi connectivity index (χ1v) is 26.4. The molecule has 0 saturated carbocycles. The molecule has 2 aliphatic rings. The van der Waals surface area contributed by atoms with Crippen LogP contribution < -0.4 is 5.32 Å². The molecule has 6 aromatic rings. The number of ether oxygens (including phenoxy) is 1. The molecular weight excluding hydrogens is 829 g/mol. The number of benzene rings is 4. The second-order valence-corrected chi connectivity index (χ2v) is 23.6. The molecule has 0 bridgehead atoms. The Bertz CT molecular complexity index is 2570. The van der Waals surface area contributed by atoms with Gasteiger partial charge in [-0.1, -0.05) is 144 Å². The van der Waals surface area contributed by atoms with Crippen LogP contribution in [0.2, 0.25) is 19.1 Å². The number of carbonyl (C=O) groups excluding carboxylic acids is 3. The van der Waals surface area contributed by atoms with Crippen molar-refractivity contribution < 1.29 is 19.1 Å². The summed E-state index contributed by atoms with van der Waals surface area (Å²) in [4.78, 5) is 63.1. The maximum absolute atomic E-state index is 14.6. The molecule has 4 heterocycles. The number of hydrogen-bond donors (Lipinski definition) is 3. The van der Waals surface area contributed by atoms with Gasteiger partial charge in [0.15, 0.2) is 0 Å². The Balaban J connectivity index is 0.920. The average Bonchev–Trinajstić information content (AvgIpc) is 4.17. The van der Waals surface area contributed by atoms with Gasteiger partial charge in [0, 0.05) is 12.7 Å². The number of carbonyl (C=O) groups is 3. The van der Waals surface area contributed by atoms with Crippen LogP contribution in [-0.2, 0) is 14.3 Å². The van der Waals surface area contributed by atoms with Gasteiger partial charge in [-0.25, -0.2) is 14.8 Å². The minimum absolute atomic E-state index is 0.0820. The fraction of sp³-hybridized carbons (Fsp3) is 0.365. The molecule has 2 aliphatic heterocycles. The molecule has 338 valence electrons. The third-order valence-corrected chi connectivity index (χ3v) is 15.9. The van der Waals surface area contributed by atoms with E-state index in [4.69, 9.17) is 14.7 Å². The number of nitrogens with one attached hydrogen (secondary N) is 3. The van der Waals surface area contributed by atoms with Crippen LogP contribution in [0.15, 0.2) is 116 Å². The van der Waals surface area contributed by atoms with Crippen molar-refractivity contribution in [2.45, 2.75) is 83.8 Å². The van der Waals surface area contributed by atoms with Crippen LogP contribution in [0.5, 0.6) is 0 Å². The molecule has 0 radical (unpaired) electrons. The Hall–Kier alpha value is -6.31. The molecule has 4 aromatic carbocycles. The van der Waals surface area contributed by atoms with Gasteiger partial charge < -0.3 is 29.8 Å². The van der Waals surface area contributed by atoms with E-state index in [1.807, 2.05) is 49.3 Å². The Labute approximate surface area is 383 Å². The molecule has 65 heavy (non-hydrogen) atoms. The summed E-state index contributed by atoms with van der Waals surface area (Å²) >= 11 is 0. The summed E-state index contributed by atoms with van der Waals surface area (Å²) in [6.07, 6.45) is 5.59. The molecule has 3 amide bonds. The third kappa shape index (κ3) is 9.72. The Morgan fingerprint density at radius 2 is 1.22 bits per heavy atom. The van der Waals surface area contributed by atoms with Gasteiger partial charge in [-0.05, 0) is 76.8 Å². The van der Waals surface area contributed by atoms with Gasteiger partial charge in [0.05, 0.1) is 51.0 Å². The highest BCUT2D eigenvalue weighted by molar-refractivity contribution is 6.78. The Kier molecular flexibility index (Phi) is 13.5. The monoisotopic (exact) mass is 890 g/mol. The summed E-state index contributed by atoms with van der Waals surface area (Å²) in [6.45, 7) is 15.0. The number of rotatable bonds is 14. The normalized spacial score (nSPS) is 18.0. The number of aromatic nitrogens is 4. The highest BCUT2D eigenvalue weighted by atomic mass is 28.3. The van der Waals surface area contributed by atoms with Gasteiger partial charge in [0.2, 0.25) is 11.8 Å². The predicted octanol–water partition coefficient (Wildman–Crippen LogP) is 10.1. The summed E-state index contributed by atoms with van der Waals surface area (Å²) in [7, 11) is -0.388. The number of aromatic amines is 2. The highest BCUT2D eigenvalue weighted by Gasteiger charge is 2.46. The second kappa shape index (κ2) is 19.4. The summed E-state index contributed by atoms with van der Waals surface area (Å²) < 4.78 is 4.78. The lowest BCUT2D eigenvalue weighted by atomic mass is 9.98. The van der Waals surface area contributed by atoms with Gasteiger partial charge in [-0.15, -0.1) is 0 Å². The molecule has 0 aliphatic carbocycles. The smallest absolute Gasteiger partial charge is 0.407 e. The van der Waals surface area contributed by atoms with Crippen molar-refractivity contribution in [2.75, 3.05) is 32.9 Å². The average molecular weight is 891 g/mol. The zero-order valence-electron chi connectivity index (χ0n) is 38.7. The van der Waals surface area contributed by atoms with Crippen LogP contribution in [0.4, 0.5) is 4.79 Å². The lowest BCUT2D eigenvalue weighted by Crippen LogP contribution is -2.51. The zero-order valence-corrected chi connectivity index (χ0v) is 39.7. The quantitative estimate of drug-likeness (QED) is 0.0926. The maximum Gasteiger partial charge on any atom is 0.407 e. The number of alkyl carbamates (subject to hydrolysis) is 1. The topological polar surface area (TPSA) is 140 Å². The number of likely N-dealkylation sites (tertiary alicyclic amines) is 1. The minimum atomic E-state index is -1.69. The predicted molar refractivity (Wildman–Crippen MR) is 259 cm³/mol. The van der Waals surface area contributed by atoms with Gasteiger partial charge in [-0.2, -0.15) is 0 Å². The molecule has 3 N–H and O–H groups in total. The van der Waals surface area contributed by atoms with Crippen molar-refractivity contribution in [3.05, 3.63) is 133 Å². The molecule has 2 saturated heterocycles. The largest absolute Gasteiger partial charge is 0.453 e. The standard InChI is InChI=1S/C52H62N8O4Si/c1-8-58(9-2)47(41-14-11-10-12-15-41)51(62)60-33-65(6,7)32-45(60)49-54-31-43(56-49)40-27-23-38(24-28-40)36-19-17-35(18-20-36)37-21-25-39(26-22-37)42-30-53-48(55-42)44-16-13-29-59(44)50(61)46(34(3)4)57-52(63)64-5/h10-12,14-15,17-28,30-31,34,44-47H,8-9,13,16,29,32-33H2,1-7H3,(H,53,55)(H,54,56)(H,57,63)/t44-,45-,46-,47+/m0/s1. The van der Waals surface area contributed by atoms with Crippen molar-refractivity contribution >= 4 is 26.0 Å². The van der Waals surface area contributed by atoms with Crippen LogP contribution >= 0.6 is 0 Å². The van der Waals surface area contributed by atoms with Crippen LogP contribution in [0.25, 0.3) is 44.8 Å². The minimum Gasteiger partial charge on any atom is -0.453 e. The number of imidazole rings is 2. The number of hydrogen-bond acceptors (Lipinski definition) is 7. The van der Waals surface area contributed by atoms with E-state index in [0.717, 1.165) is 100 Å². The first-order valence-electron chi connectivity index (χ1n) is 23.0. The molecule has 12 nitrogen and oxygen atoms in total. The van der Waals surface area contributed by atoms with E-state index in [0.29, 0.717) is 6.54 Å². The SMILES string of the molecule is CCN(CC)[C@@H](C(=O)N1C[Si](C)(C)C[C@H]1c1ncc(-c2ccc(-c3ccc(-c4ccc(-c5cnc([C@@H]6CCCN6C(=O)[C@@H](NC(=O)OC)C(C)C)[nH]5)cc4)cc3)cc2)[nH]1)c1ccccc1. The van der Waals surface area contributed by atoms with E-state index in [2.05, 4.69) is 137 Å². The summed E-state index contributed by atoms with van der Waals surface area (Å²) in [5, 5.41) is 2.71. The van der Waals surface area contributed by atoms with Crippen LogP contribution in [-0.4, -0.2) is 99.6 Å². The number of methoxy groups -OCH3 is 1. The van der Waals surface area contributed by atoms with Crippen molar-refractivity contribution in [1.29, 1.82) is 0 Å². The molecule has 4 atom stereocenters. The molecule has 8 rings (SSSR count). The second-order valence-electron chi connectivity index (χ2n) is 18.5. The fourth-order valence-electron chi connectivity index (χ4n) is 9.67. The van der Waals surface area contributed by atoms with Crippen molar-refractivity contribution in [1.82, 2.24) is 40.0 Å². The first-order chi connectivity index (χ1) is 31.4. The fourth-order valence-corrected chi connectivity index (χ4v) is 12.6. The van der Waals surface area contributed by atoms with E-state index in [1.54, 1.807) is 0 Å². The van der Waals surface area contributed by atoms with Gasteiger partial charge >= 0.3 is 6.09 Å². The van der Waals surface area contributed by atoms with E-state index in [-0.39, 0.29) is 35.9 Å². The van der Waals surface area contributed by atoms with Gasteiger partial charge in [-0.3, -0.25) is 14.5 Å². The van der Waals surface area contributed by atoms with E-state index < -0.39 is 20.2 Å². The van der Waals surface area contributed by atoms with Crippen molar-refractivity contribution in [3.63, 3.8) is 0 Å². The number of H-pyrrole nitrogens is 2. The maximum atomic E-state index is 14.6. The van der Waals surface area contributed by atoms with E-state index in [9.17, 15) is 14.4 Å². The van der Waals surface area contributed by atoms with Crippen molar-refractivity contribution in [3.8, 4) is 44.8 Å². The van der Waals surface area contributed by atoms with Crippen LogP contribution in [0, 0.1) is 5.92 Å². The lowest BCUT2D eigenvalue weighted by molar-refractivity contribution is -0.138. The molecule has 0 unspecified atom stereocenters. The number of likely N-dealkylation sites (N-methyl/N-ethyl adjacent to an activating group) is 1. The molecule has 2 fully saturated rings. The third-order valence-electron chi connectivity index (χ3n) is 13.2. The first kappa shape index (κ1) is 45.3. The van der Waals surface area contributed by atoms with E-state index >= 15 is 0 Å². The molecule has 13 heteroatoms. The van der Waals surface area contributed by atoms with E-state index in [1.165, 1.54) is 7.11 Å². The number of nitrogens with zero attached hydrogens (tertiary/aromatic N) is 5. The molecular formula is C52H62N8O4Si. The van der Waals surface area contributed by atoms with Crippen molar-refractivity contribution in [2.24, 2.45) is 5.92 Å². The summed E-state index contributed by atoms with van der Waals surface area (Å²) in [5.74, 6) is 1.54. The Morgan fingerprint density at radius 3 is 1.69 bits per heavy atom. The van der Waals surface area contributed by atoms with Gasteiger partial charge in [0.1, 0.15) is 23.7 Å².